The molecule has 2 aromatic rings. The van der Waals surface area contributed by atoms with Gasteiger partial charge < -0.3 is 9.64 Å². The van der Waals surface area contributed by atoms with Crippen LogP contribution in [0.4, 0.5) is 0 Å². The Morgan fingerprint density at radius 2 is 1.96 bits per heavy atom. The summed E-state index contributed by atoms with van der Waals surface area (Å²) in [5.74, 6) is 0.188. The fourth-order valence-electron chi connectivity index (χ4n) is 2.92. The van der Waals surface area contributed by atoms with Crippen LogP contribution in [0.5, 0.6) is 5.75 Å². The lowest BCUT2D eigenvalue weighted by atomic mass is 10.1. The summed E-state index contributed by atoms with van der Waals surface area (Å²) in [7, 11) is -3.27. The van der Waals surface area contributed by atoms with E-state index in [1.165, 1.54) is 5.41 Å². The van der Waals surface area contributed by atoms with Crippen LogP contribution in [0.25, 0.3) is 0 Å². The normalized spacial score (nSPS) is 17.6. The van der Waals surface area contributed by atoms with E-state index in [-0.39, 0.29) is 18.3 Å². The second kappa shape index (κ2) is 8.15. The van der Waals surface area contributed by atoms with Crippen molar-refractivity contribution in [1.82, 2.24) is 4.90 Å². The molecule has 1 amide bonds. The quantitative estimate of drug-likeness (QED) is 0.739. The largest absolute Gasteiger partial charge is 0.483 e. The Hall–Kier alpha value is -2.31. The molecule has 0 radical (unpaired) electrons. The van der Waals surface area contributed by atoms with Crippen molar-refractivity contribution < 1.29 is 17.9 Å². The molecule has 7 heteroatoms. The number of benzene rings is 2. The molecular formula is C20H20ClNO4S. The first kappa shape index (κ1) is 19.5. The number of nitrogens with zero attached hydrogens (tertiary/aromatic N) is 1. The van der Waals surface area contributed by atoms with Crippen molar-refractivity contribution >= 4 is 27.3 Å². The summed E-state index contributed by atoms with van der Waals surface area (Å²) in [6.45, 7) is 1.98. The summed E-state index contributed by atoms with van der Waals surface area (Å²) < 4.78 is 29.3. The number of aryl methyl sites for hydroxylation is 1. The van der Waals surface area contributed by atoms with Crippen molar-refractivity contribution in [2.75, 3.05) is 12.4 Å². The van der Waals surface area contributed by atoms with E-state index in [4.69, 9.17) is 16.3 Å². The van der Waals surface area contributed by atoms with E-state index in [9.17, 15) is 13.2 Å². The average Bonchev–Trinajstić information content (AvgIpc) is 2.99. The van der Waals surface area contributed by atoms with Crippen LogP contribution >= 0.6 is 11.6 Å². The van der Waals surface area contributed by atoms with Gasteiger partial charge in [-0.25, -0.2) is 8.42 Å². The number of halogens is 1. The highest BCUT2D eigenvalue weighted by Crippen LogP contribution is 2.23. The van der Waals surface area contributed by atoms with Gasteiger partial charge in [-0.1, -0.05) is 41.9 Å². The summed E-state index contributed by atoms with van der Waals surface area (Å²) in [6.07, 6.45) is 1.56. The third-order valence-corrected chi connectivity index (χ3v) is 5.93. The first-order chi connectivity index (χ1) is 12.8. The number of carbonyl (C=O) groups excluding carboxylic acids is 1. The van der Waals surface area contributed by atoms with Crippen molar-refractivity contribution in [2.24, 2.45) is 0 Å². The van der Waals surface area contributed by atoms with E-state index in [1.807, 2.05) is 37.3 Å². The molecule has 0 saturated carbocycles. The highest BCUT2D eigenvalue weighted by atomic mass is 35.5. The lowest BCUT2D eigenvalue weighted by Gasteiger charge is -2.28. The third kappa shape index (κ3) is 5.11. The monoisotopic (exact) mass is 405 g/mol. The number of hydrogen-bond donors (Lipinski definition) is 0. The zero-order valence-electron chi connectivity index (χ0n) is 14.8. The van der Waals surface area contributed by atoms with Gasteiger partial charge in [0.15, 0.2) is 16.4 Å². The summed E-state index contributed by atoms with van der Waals surface area (Å²) in [5.41, 5.74) is 1.75. The maximum Gasteiger partial charge on any atom is 0.261 e. The highest BCUT2D eigenvalue weighted by Gasteiger charge is 2.30. The predicted octanol–water partition coefficient (Wildman–Crippen LogP) is 3.37. The molecule has 27 heavy (non-hydrogen) atoms. The molecule has 0 spiro atoms. The Kier molecular flexibility index (Phi) is 5.87. The molecule has 0 aliphatic carbocycles. The zero-order valence-corrected chi connectivity index (χ0v) is 16.4. The van der Waals surface area contributed by atoms with Crippen LogP contribution in [-0.4, -0.2) is 37.6 Å². The van der Waals surface area contributed by atoms with E-state index in [0.29, 0.717) is 17.3 Å². The van der Waals surface area contributed by atoms with Crippen LogP contribution in [0.3, 0.4) is 0 Å². The van der Waals surface area contributed by atoms with Crippen LogP contribution in [-0.2, 0) is 21.2 Å². The number of ether oxygens (including phenoxy) is 1. The maximum absolute atomic E-state index is 12.8. The smallest absolute Gasteiger partial charge is 0.261 e. The molecule has 1 aliphatic rings. The number of hydrogen-bond acceptors (Lipinski definition) is 4. The maximum atomic E-state index is 12.8. The van der Waals surface area contributed by atoms with E-state index in [2.05, 4.69) is 0 Å². The van der Waals surface area contributed by atoms with Crippen molar-refractivity contribution in [3.63, 3.8) is 0 Å². The van der Waals surface area contributed by atoms with Crippen molar-refractivity contribution in [2.45, 2.75) is 19.5 Å². The first-order valence-electron chi connectivity index (χ1n) is 8.47. The van der Waals surface area contributed by atoms with Crippen LogP contribution in [0, 0.1) is 6.92 Å². The van der Waals surface area contributed by atoms with Crippen LogP contribution in [0.2, 0.25) is 5.02 Å². The molecule has 0 aromatic heterocycles. The van der Waals surface area contributed by atoms with Crippen LogP contribution in [0.15, 0.2) is 60.0 Å². The number of amides is 1. The molecule has 1 aliphatic heterocycles. The van der Waals surface area contributed by atoms with Gasteiger partial charge in [-0.15, -0.1) is 0 Å². The van der Waals surface area contributed by atoms with Crippen molar-refractivity contribution in [3.05, 3.63) is 76.2 Å². The number of carbonyl (C=O) groups is 1. The Balaban J connectivity index is 1.75. The molecule has 0 saturated heterocycles. The molecule has 0 fully saturated rings. The predicted molar refractivity (Wildman–Crippen MR) is 105 cm³/mol. The molecule has 5 nitrogen and oxygen atoms in total. The molecule has 0 bridgehead atoms. The lowest BCUT2D eigenvalue weighted by molar-refractivity contribution is -0.135. The second-order valence-electron chi connectivity index (χ2n) is 6.43. The topological polar surface area (TPSA) is 63.7 Å². The Morgan fingerprint density at radius 1 is 1.22 bits per heavy atom. The first-order valence-corrected chi connectivity index (χ1v) is 10.6. The van der Waals surface area contributed by atoms with Gasteiger partial charge in [0.1, 0.15) is 5.75 Å². The molecule has 3 rings (SSSR count). The Morgan fingerprint density at radius 3 is 2.59 bits per heavy atom. The minimum absolute atomic E-state index is 0.106. The van der Waals surface area contributed by atoms with Gasteiger partial charge in [-0.3, -0.25) is 4.79 Å². The van der Waals surface area contributed by atoms with Gasteiger partial charge in [-0.05, 0) is 42.3 Å². The summed E-state index contributed by atoms with van der Waals surface area (Å²) in [6, 6.07) is 14.1. The number of rotatable bonds is 6. The van der Waals surface area contributed by atoms with E-state index >= 15 is 0 Å². The third-order valence-electron chi connectivity index (χ3n) is 4.32. The van der Waals surface area contributed by atoms with Gasteiger partial charge in [0, 0.05) is 17.0 Å². The van der Waals surface area contributed by atoms with Crippen molar-refractivity contribution in [3.8, 4) is 5.75 Å². The summed E-state index contributed by atoms with van der Waals surface area (Å²) in [4.78, 5) is 14.4. The molecule has 1 atom stereocenters. The summed E-state index contributed by atoms with van der Waals surface area (Å²) in [5, 5.41) is 1.77. The standard InChI is InChI=1S/C20H20ClNO4S/c1-15-11-17(21)7-8-19(15)26-13-20(23)22(12-16-5-3-2-4-6-16)18-9-10-27(24,25)14-18/h2-11,18H,12-14H2,1H3/t18-/m0/s1. The minimum atomic E-state index is -3.27. The van der Waals surface area contributed by atoms with Gasteiger partial charge in [0.25, 0.3) is 5.91 Å². The van der Waals surface area contributed by atoms with Crippen LogP contribution in [0.1, 0.15) is 11.1 Å². The minimum Gasteiger partial charge on any atom is -0.483 e. The summed E-state index contributed by atoms with van der Waals surface area (Å²) >= 11 is 5.94. The fourth-order valence-corrected chi connectivity index (χ4v) is 4.45. The molecule has 2 aromatic carbocycles. The van der Waals surface area contributed by atoms with Gasteiger partial charge >= 0.3 is 0 Å². The highest BCUT2D eigenvalue weighted by molar-refractivity contribution is 7.94. The molecular weight excluding hydrogens is 386 g/mol. The number of sulfone groups is 1. The Bertz CT molecular complexity index is 957. The van der Waals surface area contributed by atoms with E-state index in [1.54, 1.807) is 29.2 Å². The van der Waals surface area contributed by atoms with Crippen LogP contribution < -0.4 is 4.74 Å². The van der Waals surface area contributed by atoms with Gasteiger partial charge in [0.05, 0.1) is 11.8 Å². The van der Waals surface area contributed by atoms with E-state index < -0.39 is 15.9 Å². The molecule has 142 valence electrons. The molecule has 1 heterocycles. The molecule has 0 unspecified atom stereocenters. The zero-order chi connectivity index (χ0) is 19.4. The second-order valence-corrected chi connectivity index (χ2v) is 8.80. The van der Waals surface area contributed by atoms with Gasteiger partial charge in [0.2, 0.25) is 0 Å². The SMILES string of the molecule is Cc1cc(Cl)ccc1OCC(=O)N(Cc1ccccc1)[C@H]1C=CS(=O)(=O)C1. The van der Waals surface area contributed by atoms with Crippen molar-refractivity contribution in [1.29, 1.82) is 0 Å². The van der Waals surface area contributed by atoms with E-state index in [0.717, 1.165) is 11.1 Å². The fraction of sp³-hybridized carbons (Fsp3) is 0.250. The average molecular weight is 406 g/mol. The Labute approximate surface area is 164 Å². The van der Waals surface area contributed by atoms with Gasteiger partial charge in [-0.2, -0.15) is 0 Å². The lowest BCUT2D eigenvalue weighted by Crippen LogP contribution is -2.42. The molecule has 0 N–H and O–H groups in total.